The number of thiocarbonyl (C=S) groups is 1. The molecule has 0 bridgehead atoms. The van der Waals surface area contributed by atoms with Crippen LogP contribution in [0.15, 0.2) is 51.8 Å². The van der Waals surface area contributed by atoms with Gasteiger partial charge in [0.1, 0.15) is 11.5 Å². The lowest BCUT2D eigenvalue weighted by Gasteiger charge is -2.14. The first kappa shape index (κ1) is 18.0. The summed E-state index contributed by atoms with van der Waals surface area (Å²) < 4.78 is 12.0. The highest BCUT2D eigenvalue weighted by Crippen LogP contribution is 2.39. The quantitative estimate of drug-likeness (QED) is 0.505. The normalized spacial score (nSPS) is 15.8. The second-order valence-electron chi connectivity index (χ2n) is 5.08. The van der Waals surface area contributed by atoms with Gasteiger partial charge in [0.2, 0.25) is 0 Å². The van der Waals surface area contributed by atoms with Gasteiger partial charge in [0.15, 0.2) is 4.32 Å². The number of amides is 1. The molecule has 4 nitrogen and oxygen atoms in total. The summed E-state index contributed by atoms with van der Waals surface area (Å²) in [4.78, 5) is 14.9. The molecule has 1 fully saturated rings. The molecule has 1 amide bonds. The predicted molar refractivity (Wildman–Crippen MR) is 109 cm³/mol. The van der Waals surface area contributed by atoms with Gasteiger partial charge in [-0.3, -0.25) is 9.69 Å². The Morgan fingerprint density at radius 1 is 1.12 bits per heavy atom. The van der Waals surface area contributed by atoms with E-state index in [2.05, 4.69) is 15.9 Å². The molecule has 3 rings (SSSR count). The minimum Gasteiger partial charge on any atom is -0.496 e. The highest BCUT2D eigenvalue weighted by molar-refractivity contribution is 9.10. The van der Waals surface area contributed by atoms with Crippen LogP contribution in [0.2, 0.25) is 0 Å². The number of carbonyl (C=O) groups is 1. The number of para-hydroxylation sites is 1. The highest BCUT2D eigenvalue weighted by Gasteiger charge is 2.33. The zero-order chi connectivity index (χ0) is 18.0. The number of hydrogen-bond acceptors (Lipinski definition) is 5. The first-order valence-electron chi connectivity index (χ1n) is 7.29. The summed E-state index contributed by atoms with van der Waals surface area (Å²) in [6.45, 7) is 0. The standard InChI is InChI=1S/C18H14BrNO3S2/c1-22-14-10-15(23-2)13(19)8-11(14)9-16-17(21)20(18(24)25-16)12-6-4-3-5-7-12/h3-10H,1-2H3/b16-9+. The maximum Gasteiger partial charge on any atom is 0.270 e. The van der Waals surface area contributed by atoms with Gasteiger partial charge in [-0.05, 0) is 40.2 Å². The van der Waals surface area contributed by atoms with Crippen LogP contribution in [0.25, 0.3) is 6.08 Å². The Labute approximate surface area is 163 Å². The van der Waals surface area contributed by atoms with Crippen LogP contribution in [-0.2, 0) is 4.79 Å². The zero-order valence-corrected chi connectivity index (χ0v) is 16.7. The van der Waals surface area contributed by atoms with Gasteiger partial charge in [-0.1, -0.05) is 42.2 Å². The van der Waals surface area contributed by atoms with Crippen LogP contribution in [0, 0.1) is 0 Å². The summed E-state index contributed by atoms with van der Waals surface area (Å²) in [7, 11) is 3.17. The van der Waals surface area contributed by atoms with E-state index in [1.807, 2.05) is 36.4 Å². The van der Waals surface area contributed by atoms with Crippen molar-refractivity contribution in [3.8, 4) is 11.5 Å². The van der Waals surface area contributed by atoms with Crippen molar-refractivity contribution in [2.45, 2.75) is 0 Å². The van der Waals surface area contributed by atoms with E-state index in [0.717, 1.165) is 15.7 Å². The first-order valence-corrected chi connectivity index (χ1v) is 9.31. The van der Waals surface area contributed by atoms with E-state index >= 15 is 0 Å². The largest absolute Gasteiger partial charge is 0.496 e. The number of methoxy groups -OCH3 is 2. The van der Waals surface area contributed by atoms with Gasteiger partial charge in [0, 0.05) is 11.6 Å². The molecule has 1 aliphatic heterocycles. The molecule has 0 atom stereocenters. The van der Waals surface area contributed by atoms with E-state index in [4.69, 9.17) is 21.7 Å². The summed E-state index contributed by atoms with van der Waals surface area (Å²) in [5.74, 6) is 1.13. The van der Waals surface area contributed by atoms with Crippen molar-refractivity contribution in [1.29, 1.82) is 0 Å². The Kier molecular flexibility index (Phi) is 5.46. The molecule has 1 aliphatic rings. The van der Waals surface area contributed by atoms with Crippen LogP contribution in [0.4, 0.5) is 5.69 Å². The van der Waals surface area contributed by atoms with Crippen LogP contribution < -0.4 is 14.4 Å². The third-order valence-electron chi connectivity index (χ3n) is 3.60. The average Bonchev–Trinajstić information content (AvgIpc) is 2.89. The van der Waals surface area contributed by atoms with Gasteiger partial charge in [0.05, 0.1) is 29.3 Å². The van der Waals surface area contributed by atoms with Crippen molar-refractivity contribution >= 4 is 61.9 Å². The predicted octanol–water partition coefficient (Wildman–Crippen LogP) is 4.87. The molecule has 0 aliphatic carbocycles. The Bertz CT molecular complexity index is 868. The number of anilines is 1. The Hall–Kier alpha value is -1.83. The lowest BCUT2D eigenvalue weighted by Crippen LogP contribution is -2.27. The Morgan fingerprint density at radius 3 is 2.44 bits per heavy atom. The Balaban J connectivity index is 1.99. The molecule has 0 spiro atoms. The molecule has 0 radical (unpaired) electrons. The number of halogens is 1. The van der Waals surface area contributed by atoms with E-state index in [9.17, 15) is 4.79 Å². The molecule has 0 aromatic heterocycles. The second-order valence-corrected chi connectivity index (χ2v) is 7.61. The molecule has 128 valence electrons. The maximum absolute atomic E-state index is 12.8. The van der Waals surface area contributed by atoms with Gasteiger partial charge in [0.25, 0.3) is 5.91 Å². The molecule has 2 aromatic carbocycles. The molecular weight excluding hydrogens is 422 g/mol. The first-order chi connectivity index (χ1) is 12.0. The molecule has 0 N–H and O–H groups in total. The molecule has 1 heterocycles. The number of benzene rings is 2. The fourth-order valence-corrected chi connectivity index (χ4v) is 4.22. The van der Waals surface area contributed by atoms with Gasteiger partial charge < -0.3 is 9.47 Å². The smallest absolute Gasteiger partial charge is 0.270 e. The van der Waals surface area contributed by atoms with Crippen molar-refractivity contribution < 1.29 is 14.3 Å². The summed E-state index contributed by atoms with van der Waals surface area (Å²) >= 11 is 10.1. The van der Waals surface area contributed by atoms with E-state index in [0.29, 0.717) is 20.7 Å². The van der Waals surface area contributed by atoms with Crippen LogP contribution in [0.3, 0.4) is 0 Å². The van der Waals surface area contributed by atoms with Crippen LogP contribution >= 0.6 is 39.9 Å². The lowest BCUT2D eigenvalue weighted by atomic mass is 10.1. The monoisotopic (exact) mass is 435 g/mol. The molecule has 0 saturated carbocycles. The fraction of sp³-hybridized carbons (Fsp3) is 0.111. The van der Waals surface area contributed by atoms with Crippen molar-refractivity contribution in [3.05, 3.63) is 57.4 Å². The average molecular weight is 436 g/mol. The third kappa shape index (κ3) is 3.58. The van der Waals surface area contributed by atoms with Crippen LogP contribution in [0.5, 0.6) is 11.5 Å². The van der Waals surface area contributed by atoms with E-state index in [-0.39, 0.29) is 5.91 Å². The molecule has 1 saturated heterocycles. The van der Waals surface area contributed by atoms with Crippen LogP contribution in [-0.4, -0.2) is 24.4 Å². The number of ether oxygens (including phenoxy) is 2. The summed E-state index contributed by atoms with van der Waals surface area (Å²) in [5, 5.41) is 0. The molecule has 7 heteroatoms. The van der Waals surface area contributed by atoms with Gasteiger partial charge in [-0.15, -0.1) is 0 Å². The fourth-order valence-electron chi connectivity index (χ4n) is 2.40. The molecule has 0 unspecified atom stereocenters. The van der Waals surface area contributed by atoms with E-state index in [1.165, 1.54) is 16.7 Å². The SMILES string of the molecule is COc1cc(OC)c(/C=C2/SC(=S)N(c3ccccc3)C2=O)cc1Br. The molecular formula is C18H14BrNO3S2. The van der Waals surface area contributed by atoms with Gasteiger partial charge >= 0.3 is 0 Å². The molecule has 2 aromatic rings. The van der Waals surface area contributed by atoms with Crippen LogP contribution in [0.1, 0.15) is 5.56 Å². The lowest BCUT2D eigenvalue weighted by molar-refractivity contribution is -0.113. The van der Waals surface area contributed by atoms with Crippen molar-refractivity contribution in [2.75, 3.05) is 19.1 Å². The minimum atomic E-state index is -0.143. The summed E-state index contributed by atoms with van der Waals surface area (Å²) in [5.41, 5.74) is 1.53. The third-order valence-corrected chi connectivity index (χ3v) is 5.52. The van der Waals surface area contributed by atoms with E-state index in [1.54, 1.807) is 26.4 Å². The summed E-state index contributed by atoms with van der Waals surface area (Å²) in [6, 6.07) is 13.0. The maximum atomic E-state index is 12.8. The number of thioether (sulfide) groups is 1. The number of hydrogen-bond donors (Lipinski definition) is 0. The molecule has 25 heavy (non-hydrogen) atoms. The Morgan fingerprint density at radius 2 is 1.80 bits per heavy atom. The number of nitrogens with zero attached hydrogens (tertiary/aromatic N) is 1. The van der Waals surface area contributed by atoms with Gasteiger partial charge in [-0.2, -0.15) is 0 Å². The minimum absolute atomic E-state index is 0.143. The highest BCUT2D eigenvalue weighted by atomic mass is 79.9. The topological polar surface area (TPSA) is 38.8 Å². The second kappa shape index (κ2) is 7.59. The number of rotatable bonds is 4. The number of carbonyl (C=O) groups excluding carboxylic acids is 1. The zero-order valence-electron chi connectivity index (χ0n) is 13.5. The summed E-state index contributed by atoms with van der Waals surface area (Å²) in [6.07, 6.45) is 1.78. The van der Waals surface area contributed by atoms with Crippen molar-refractivity contribution in [1.82, 2.24) is 0 Å². The van der Waals surface area contributed by atoms with Gasteiger partial charge in [-0.25, -0.2) is 0 Å². The van der Waals surface area contributed by atoms with Crippen molar-refractivity contribution in [2.24, 2.45) is 0 Å². The van der Waals surface area contributed by atoms with Crippen molar-refractivity contribution in [3.63, 3.8) is 0 Å². The van der Waals surface area contributed by atoms with E-state index < -0.39 is 0 Å².